The van der Waals surface area contributed by atoms with E-state index in [9.17, 15) is 14.9 Å². The van der Waals surface area contributed by atoms with Gasteiger partial charge in [-0.3, -0.25) is 14.2 Å². The maximum absolute atomic E-state index is 13.5. The van der Waals surface area contributed by atoms with E-state index in [0.717, 1.165) is 16.9 Å². The average Bonchev–Trinajstić information content (AvgIpc) is 3.18. The summed E-state index contributed by atoms with van der Waals surface area (Å²) in [5.41, 5.74) is 1.24. The van der Waals surface area contributed by atoms with Crippen molar-refractivity contribution in [3.8, 4) is 17.5 Å². The maximum Gasteiger partial charge on any atom is 0.273 e. The Morgan fingerprint density at radius 1 is 1.09 bits per heavy atom. The van der Waals surface area contributed by atoms with Gasteiger partial charge in [0.05, 0.1) is 16.8 Å². The number of aromatic nitrogens is 1. The van der Waals surface area contributed by atoms with Crippen LogP contribution in [0.5, 0.6) is 5.75 Å². The first-order chi connectivity index (χ1) is 17.0. The van der Waals surface area contributed by atoms with Gasteiger partial charge < -0.3 is 10.1 Å². The van der Waals surface area contributed by atoms with Crippen molar-refractivity contribution in [2.45, 2.75) is 6.92 Å². The number of thiazole rings is 1. The molecule has 0 radical (unpaired) electrons. The lowest BCUT2D eigenvalue weighted by molar-refractivity contribution is -0.111. The van der Waals surface area contributed by atoms with Crippen molar-refractivity contribution in [1.82, 2.24) is 4.57 Å². The number of nitrogens with zero attached hydrogens (tertiary/aromatic N) is 2. The molecule has 1 N–H and O–H groups in total. The molecule has 35 heavy (non-hydrogen) atoms. The van der Waals surface area contributed by atoms with E-state index in [1.807, 2.05) is 43.3 Å². The lowest BCUT2D eigenvalue weighted by Crippen LogP contribution is -2.32. The standard InChI is InChI=1S/C27H20ClN3O3S/c1-2-34-23-11-7-6-8-18(23)16-24-26(33)31(21-9-4-3-5-10-21)27(35-24)22(17-29)25(32)30-20-14-12-19(28)13-15-20/h3-16H,2H2,1H3,(H,30,32)/b24-16+,27-22+. The molecule has 0 unspecified atom stereocenters. The van der Waals surface area contributed by atoms with Crippen molar-refractivity contribution in [2.24, 2.45) is 0 Å². The molecule has 0 aliphatic carbocycles. The van der Waals surface area contributed by atoms with Gasteiger partial charge >= 0.3 is 0 Å². The minimum absolute atomic E-state index is 0.177. The molecule has 4 aromatic rings. The number of hydrogen-bond acceptors (Lipinski definition) is 5. The number of para-hydroxylation sites is 2. The highest BCUT2D eigenvalue weighted by Crippen LogP contribution is 2.18. The fraction of sp³-hybridized carbons (Fsp3) is 0.0741. The third kappa shape index (κ3) is 5.35. The zero-order chi connectivity index (χ0) is 24.8. The lowest BCUT2D eigenvalue weighted by atomic mass is 10.2. The number of nitriles is 1. The van der Waals surface area contributed by atoms with Crippen molar-refractivity contribution in [3.05, 3.63) is 109 Å². The molecule has 1 amide bonds. The lowest BCUT2D eigenvalue weighted by Gasteiger charge is -2.06. The fourth-order valence-corrected chi connectivity index (χ4v) is 4.63. The molecule has 1 heterocycles. The largest absolute Gasteiger partial charge is 0.493 e. The van der Waals surface area contributed by atoms with Crippen LogP contribution in [0.2, 0.25) is 5.02 Å². The van der Waals surface area contributed by atoms with E-state index in [2.05, 4.69) is 5.32 Å². The van der Waals surface area contributed by atoms with E-state index < -0.39 is 5.91 Å². The monoisotopic (exact) mass is 501 g/mol. The molecular formula is C27H20ClN3O3S. The molecule has 0 saturated heterocycles. The van der Waals surface area contributed by atoms with Gasteiger partial charge in [-0.2, -0.15) is 5.26 Å². The molecule has 6 nitrogen and oxygen atoms in total. The maximum atomic E-state index is 13.5. The predicted molar refractivity (Wildman–Crippen MR) is 139 cm³/mol. The van der Waals surface area contributed by atoms with Crippen molar-refractivity contribution < 1.29 is 9.53 Å². The number of carbonyl (C=O) groups excluding carboxylic acids is 1. The van der Waals surface area contributed by atoms with Gasteiger partial charge in [-0.25, -0.2) is 0 Å². The van der Waals surface area contributed by atoms with Crippen molar-refractivity contribution in [2.75, 3.05) is 11.9 Å². The molecule has 0 atom stereocenters. The Bertz CT molecular complexity index is 1580. The number of ether oxygens (including phenoxy) is 1. The van der Waals surface area contributed by atoms with Crippen LogP contribution in [0.1, 0.15) is 12.5 Å². The molecule has 174 valence electrons. The van der Waals surface area contributed by atoms with Crippen LogP contribution in [0.3, 0.4) is 0 Å². The summed E-state index contributed by atoms with van der Waals surface area (Å²) in [6.07, 6.45) is 1.72. The summed E-state index contributed by atoms with van der Waals surface area (Å²) >= 11 is 7.00. The van der Waals surface area contributed by atoms with Gasteiger partial charge in [0, 0.05) is 16.3 Å². The van der Waals surface area contributed by atoms with Crippen molar-refractivity contribution in [1.29, 1.82) is 5.26 Å². The number of amides is 1. The number of carbonyl (C=O) groups is 1. The number of benzene rings is 3. The average molecular weight is 502 g/mol. The summed E-state index contributed by atoms with van der Waals surface area (Å²) < 4.78 is 7.67. The quantitative estimate of drug-likeness (QED) is 0.431. The number of nitrogens with one attached hydrogen (secondary N) is 1. The first-order valence-electron chi connectivity index (χ1n) is 10.7. The Balaban J connectivity index is 1.94. The minimum atomic E-state index is -0.623. The minimum Gasteiger partial charge on any atom is -0.493 e. The Morgan fingerprint density at radius 3 is 2.46 bits per heavy atom. The molecule has 0 spiro atoms. The van der Waals surface area contributed by atoms with Crippen LogP contribution in [-0.4, -0.2) is 17.1 Å². The summed E-state index contributed by atoms with van der Waals surface area (Å²) in [7, 11) is 0. The summed E-state index contributed by atoms with van der Waals surface area (Å²) in [6, 6.07) is 24.8. The summed E-state index contributed by atoms with van der Waals surface area (Å²) in [5.74, 6) is 0.0163. The summed E-state index contributed by atoms with van der Waals surface area (Å²) in [5, 5.41) is 13.2. The summed E-state index contributed by atoms with van der Waals surface area (Å²) in [4.78, 5) is 26.6. The van der Waals surface area contributed by atoms with Gasteiger partial charge in [-0.1, -0.05) is 48.0 Å². The number of halogens is 1. The number of hydrogen-bond donors (Lipinski definition) is 1. The van der Waals surface area contributed by atoms with Crippen LogP contribution in [0.15, 0.2) is 83.7 Å². The smallest absolute Gasteiger partial charge is 0.273 e. The SMILES string of the molecule is CCOc1ccccc1/C=c1/s/c(=C(\C#N)C(=O)Nc2ccc(Cl)cc2)n(-c2ccccc2)c1=O. The van der Waals surface area contributed by atoms with Crippen LogP contribution >= 0.6 is 22.9 Å². The molecule has 0 fully saturated rings. The first-order valence-corrected chi connectivity index (χ1v) is 11.9. The van der Waals surface area contributed by atoms with E-state index in [4.69, 9.17) is 16.3 Å². The first kappa shape index (κ1) is 24.0. The van der Waals surface area contributed by atoms with Gasteiger partial charge in [0.2, 0.25) is 0 Å². The normalized spacial score (nSPS) is 12.1. The van der Waals surface area contributed by atoms with Crippen LogP contribution in [-0.2, 0) is 4.79 Å². The van der Waals surface area contributed by atoms with Crippen LogP contribution in [0.25, 0.3) is 17.3 Å². The van der Waals surface area contributed by atoms with Gasteiger partial charge in [0.15, 0.2) is 5.57 Å². The fourth-order valence-electron chi connectivity index (χ4n) is 3.41. The van der Waals surface area contributed by atoms with E-state index in [-0.39, 0.29) is 15.8 Å². The highest BCUT2D eigenvalue weighted by atomic mass is 35.5. The second-order valence-electron chi connectivity index (χ2n) is 7.31. The third-order valence-corrected chi connectivity index (χ3v) is 6.34. The van der Waals surface area contributed by atoms with Gasteiger partial charge in [0.1, 0.15) is 16.5 Å². The van der Waals surface area contributed by atoms with E-state index in [1.54, 1.807) is 54.6 Å². The molecule has 1 aromatic heterocycles. The number of rotatable bonds is 6. The Morgan fingerprint density at radius 2 is 1.77 bits per heavy atom. The van der Waals surface area contributed by atoms with E-state index >= 15 is 0 Å². The van der Waals surface area contributed by atoms with E-state index in [0.29, 0.717) is 33.3 Å². The Hall–Kier alpha value is -4.12. The molecule has 3 aromatic carbocycles. The topological polar surface area (TPSA) is 84.1 Å². The molecule has 4 rings (SSSR count). The molecule has 0 aliphatic heterocycles. The Kier molecular flexibility index (Phi) is 7.46. The van der Waals surface area contributed by atoms with Crippen LogP contribution < -0.4 is 24.8 Å². The van der Waals surface area contributed by atoms with Gasteiger partial charge in [-0.05, 0) is 55.5 Å². The molecule has 0 bridgehead atoms. The second-order valence-corrected chi connectivity index (χ2v) is 8.78. The zero-order valence-corrected chi connectivity index (χ0v) is 20.3. The highest BCUT2D eigenvalue weighted by molar-refractivity contribution is 7.07. The van der Waals surface area contributed by atoms with Crippen LogP contribution in [0.4, 0.5) is 5.69 Å². The molecule has 0 saturated carbocycles. The predicted octanol–water partition coefficient (Wildman–Crippen LogP) is 4.09. The molecular weight excluding hydrogens is 482 g/mol. The van der Waals surface area contributed by atoms with Crippen molar-refractivity contribution in [3.63, 3.8) is 0 Å². The second kappa shape index (κ2) is 10.9. The van der Waals surface area contributed by atoms with Gasteiger partial charge in [-0.15, -0.1) is 11.3 Å². The van der Waals surface area contributed by atoms with E-state index in [1.165, 1.54) is 4.57 Å². The molecule has 0 aliphatic rings. The van der Waals surface area contributed by atoms with Crippen molar-refractivity contribution >= 4 is 46.2 Å². The van der Waals surface area contributed by atoms with Crippen LogP contribution in [0, 0.1) is 11.3 Å². The van der Waals surface area contributed by atoms with Gasteiger partial charge in [0.25, 0.3) is 11.5 Å². The highest BCUT2D eigenvalue weighted by Gasteiger charge is 2.17. The molecule has 8 heteroatoms. The summed E-state index contributed by atoms with van der Waals surface area (Å²) in [6.45, 7) is 2.36. The Labute approximate surface area is 210 Å². The zero-order valence-electron chi connectivity index (χ0n) is 18.7. The number of anilines is 1. The third-order valence-electron chi connectivity index (χ3n) is 5.00.